The first-order valence-electron chi connectivity index (χ1n) is 6.67. The minimum Gasteiger partial charge on any atom is -0.387 e. The molecule has 1 amide bonds. The van der Waals surface area contributed by atoms with Crippen LogP contribution in [0.25, 0.3) is 11.4 Å². The van der Waals surface area contributed by atoms with E-state index in [9.17, 15) is 4.79 Å². The Bertz CT molecular complexity index is 783. The third-order valence-electron chi connectivity index (χ3n) is 3.10. The Morgan fingerprint density at radius 3 is 2.91 bits per heavy atom. The summed E-state index contributed by atoms with van der Waals surface area (Å²) in [4.78, 5) is 20.6. The van der Waals surface area contributed by atoms with Gasteiger partial charge in [0.05, 0.1) is 28.8 Å². The smallest absolute Gasteiger partial charge is 0.257 e. The number of aromatic nitrogens is 4. The lowest BCUT2D eigenvalue weighted by molar-refractivity contribution is 0.102. The molecule has 3 heterocycles. The molecule has 0 bridgehead atoms. The van der Waals surface area contributed by atoms with E-state index in [1.807, 2.05) is 18.2 Å². The molecular formula is C15H14N6O. The quantitative estimate of drug-likeness (QED) is 0.685. The molecule has 3 rings (SSSR count). The highest BCUT2D eigenvalue weighted by molar-refractivity contribution is 6.06. The number of hydrogen-bond donors (Lipinski definition) is 3. The summed E-state index contributed by atoms with van der Waals surface area (Å²) >= 11 is 0. The summed E-state index contributed by atoms with van der Waals surface area (Å²) in [5, 5.41) is 12.6. The van der Waals surface area contributed by atoms with Gasteiger partial charge in [-0.3, -0.25) is 19.9 Å². The van der Waals surface area contributed by atoms with Crippen molar-refractivity contribution in [1.29, 1.82) is 0 Å². The standard InChI is InChI=1S/C15H14N6O/c1-16-11-6-10(7-17-8-11)15(22)20-13-9-19-21-14(13)12-4-2-3-5-18-12/h2-9,16H,1H3,(H,19,21)(H,20,22). The average molecular weight is 294 g/mol. The van der Waals surface area contributed by atoms with Crippen LogP contribution >= 0.6 is 0 Å². The van der Waals surface area contributed by atoms with Crippen LogP contribution in [0.15, 0.2) is 49.1 Å². The van der Waals surface area contributed by atoms with E-state index in [2.05, 4.69) is 30.8 Å². The van der Waals surface area contributed by atoms with Crippen molar-refractivity contribution in [1.82, 2.24) is 20.2 Å². The Morgan fingerprint density at radius 1 is 1.23 bits per heavy atom. The Hall–Kier alpha value is -3.22. The molecule has 0 saturated heterocycles. The second-order valence-corrected chi connectivity index (χ2v) is 4.54. The summed E-state index contributed by atoms with van der Waals surface area (Å²) in [6.07, 6.45) is 6.39. The Labute approximate surface area is 126 Å². The van der Waals surface area contributed by atoms with Crippen LogP contribution in [0.2, 0.25) is 0 Å². The molecule has 0 fully saturated rings. The van der Waals surface area contributed by atoms with E-state index < -0.39 is 0 Å². The SMILES string of the molecule is CNc1cncc(C(=O)Nc2cn[nH]c2-c2ccccn2)c1. The van der Waals surface area contributed by atoms with Gasteiger partial charge in [0.25, 0.3) is 5.91 Å². The average Bonchev–Trinajstić information content (AvgIpc) is 3.04. The van der Waals surface area contributed by atoms with Gasteiger partial charge in [0.2, 0.25) is 0 Å². The van der Waals surface area contributed by atoms with Gasteiger partial charge in [0.1, 0.15) is 5.69 Å². The Morgan fingerprint density at radius 2 is 2.14 bits per heavy atom. The van der Waals surface area contributed by atoms with Crippen LogP contribution in [0.3, 0.4) is 0 Å². The third kappa shape index (κ3) is 2.78. The van der Waals surface area contributed by atoms with Crippen molar-refractivity contribution >= 4 is 17.3 Å². The van der Waals surface area contributed by atoms with Gasteiger partial charge in [-0.05, 0) is 18.2 Å². The van der Waals surface area contributed by atoms with Crippen LogP contribution in [0.4, 0.5) is 11.4 Å². The maximum Gasteiger partial charge on any atom is 0.257 e. The van der Waals surface area contributed by atoms with E-state index in [0.29, 0.717) is 22.6 Å². The van der Waals surface area contributed by atoms with Gasteiger partial charge in [0, 0.05) is 25.6 Å². The van der Waals surface area contributed by atoms with Crippen molar-refractivity contribution in [3.8, 4) is 11.4 Å². The van der Waals surface area contributed by atoms with E-state index >= 15 is 0 Å². The first kappa shape index (κ1) is 13.7. The van der Waals surface area contributed by atoms with Gasteiger partial charge in [-0.1, -0.05) is 6.07 Å². The van der Waals surface area contributed by atoms with Gasteiger partial charge in [0.15, 0.2) is 0 Å². The van der Waals surface area contributed by atoms with Crippen molar-refractivity contribution in [2.45, 2.75) is 0 Å². The zero-order chi connectivity index (χ0) is 15.4. The minimum atomic E-state index is -0.261. The van der Waals surface area contributed by atoms with Crippen LogP contribution in [-0.4, -0.2) is 33.1 Å². The molecule has 7 nitrogen and oxygen atoms in total. The molecule has 0 atom stereocenters. The highest BCUT2D eigenvalue weighted by Gasteiger charge is 2.13. The number of aromatic amines is 1. The highest BCUT2D eigenvalue weighted by Crippen LogP contribution is 2.23. The van der Waals surface area contributed by atoms with Crippen molar-refractivity contribution in [2.75, 3.05) is 17.7 Å². The predicted molar refractivity (Wildman–Crippen MR) is 83.6 cm³/mol. The number of hydrogen-bond acceptors (Lipinski definition) is 5. The van der Waals surface area contributed by atoms with Crippen LogP contribution < -0.4 is 10.6 Å². The Balaban J connectivity index is 1.85. The number of H-pyrrole nitrogens is 1. The number of nitrogens with zero attached hydrogens (tertiary/aromatic N) is 3. The predicted octanol–water partition coefficient (Wildman–Crippen LogP) is 2.16. The molecule has 0 aliphatic heterocycles. The lowest BCUT2D eigenvalue weighted by Crippen LogP contribution is -2.12. The summed E-state index contributed by atoms with van der Waals surface area (Å²) < 4.78 is 0. The van der Waals surface area contributed by atoms with Gasteiger partial charge >= 0.3 is 0 Å². The van der Waals surface area contributed by atoms with Crippen molar-refractivity contribution in [2.24, 2.45) is 0 Å². The number of carbonyl (C=O) groups excluding carboxylic acids is 1. The van der Waals surface area contributed by atoms with Gasteiger partial charge in [-0.25, -0.2) is 0 Å². The summed E-state index contributed by atoms with van der Waals surface area (Å²) in [5.41, 5.74) is 3.16. The number of anilines is 2. The second-order valence-electron chi connectivity index (χ2n) is 4.54. The molecule has 3 aromatic heterocycles. The third-order valence-corrected chi connectivity index (χ3v) is 3.10. The van der Waals surface area contributed by atoms with E-state index in [-0.39, 0.29) is 5.91 Å². The highest BCUT2D eigenvalue weighted by atomic mass is 16.1. The molecule has 0 aliphatic rings. The van der Waals surface area contributed by atoms with E-state index in [4.69, 9.17) is 0 Å². The van der Waals surface area contributed by atoms with E-state index in [1.54, 1.807) is 31.7 Å². The fraction of sp³-hybridized carbons (Fsp3) is 0.0667. The molecule has 110 valence electrons. The molecule has 0 radical (unpaired) electrons. The molecular weight excluding hydrogens is 280 g/mol. The molecule has 3 aromatic rings. The summed E-state index contributed by atoms with van der Waals surface area (Å²) in [5.74, 6) is -0.261. The zero-order valence-electron chi connectivity index (χ0n) is 11.9. The number of pyridine rings is 2. The first-order chi connectivity index (χ1) is 10.8. The van der Waals surface area contributed by atoms with Crippen LogP contribution in [0.5, 0.6) is 0 Å². The lowest BCUT2D eigenvalue weighted by Gasteiger charge is -2.06. The zero-order valence-corrected chi connectivity index (χ0v) is 11.9. The molecule has 22 heavy (non-hydrogen) atoms. The molecule has 7 heteroatoms. The topological polar surface area (TPSA) is 95.6 Å². The Kier molecular flexibility index (Phi) is 3.78. The van der Waals surface area contributed by atoms with Crippen LogP contribution in [-0.2, 0) is 0 Å². The van der Waals surface area contributed by atoms with Crippen molar-refractivity contribution in [3.63, 3.8) is 0 Å². The second kappa shape index (κ2) is 6.04. The molecule has 0 spiro atoms. The number of carbonyl (C=O) groups is 1. The maximum atomic E-state index is 12.3. The summed E-state index contributed by atoms with van der Waals surface area (Å²) in [6.45, 7) is 0. The number of amides is 1. The molecule has 0 aliphatic carbocycles. The summed E-state index contributed by atoms with van der Waals surface area (Å²) in [6, 6.07) is 7.26. The van der Waals surface area contributed by atoms with Gasteiger partial charge in [-0.2, -0.15) is 5.10 Å². The van der Waals surface area contributed by atoms with Gasteiger partial charge < -0.3 is 10.6 Å². The normalized spacial score (nSPS) is 10.2. The first-order valence-corrected chi connectivity index (χ1v) is 6.67. The lowest BCUT2D eigenvalue weighted by atomic mass is 10.2. The number of nitrogens with one attached hydrogen (secondary N) is 3. The van der Waals surface area contributed by atoms with Crippen molar-refractivity contribution in [3.05, 3.63) is 54.6 Å². The largest absolute Gasteiger partial charge is 0.387 e. The van der Waals surface area contributed by atoms with Crippen molar-refractivity contribution < 1.29 is 4.79 Å². The molecule has 0 saturated carbocycles. The van der Waals surface area contributed by atoms with E-state index in [0.717, 1.165) is 5.69 Å². The monoisotopic (exact) mass is 294 g/mol. The van der Waals surface area contributed by atoms with Crippen LogP contribution in [0.1, 0.15) is 10.4 Å². The van der Waals surface area contributed by atoms with Crippen LogP contribution in [0, 0.1) is 0 Å². The summed E-state index contributed by atoms with van der Waals surface area (Å²) in [7, 11) is 1.77. The van der Waals surface area contributed by atoms with Gasteiger partial charge in [-0.15, -0.1) is 0 Å². The fourth-order valence-corrected chi connectivity index (χ4v) is 1.98. The fourth-order valence-electron chi connectivity index (χ4n) is 1.98. The number of rotatable bonds is 4. The minimum absolute atomic E-state index is 0.261. The molecule has 3 N–H and O–H groups in total. The van der Waals surface area contributed by atoms with E-state index in [1.165, 1.54) is 6.20 Å². The molecule has 0 aromatic carbocycles. The maximum absolute atomic E-state index is 12.3. The molecule has 0 unspecified atom stereocenters.